The van der Waals surface area contributed by atoms with E-state index in [2.05, 4.69) is 68.0 Å². The molecule has 1 saturated carbocycles. The fourth-order valence-electron chi connectivity index (χ4n) is 6.24. The molecule has 0 aromatic carbocycles. The molecule has 0 radical (unpaired) electrons. The van der Waals surface area contributed by atoms with E-state index in [1.165, 1.54) is 6.20 Å². The molecular formula is C26H36N4O4SSi. The number of carbonyl (C=O) groups is 1. The first kappa shape index (κ1) is 26.5. The van der Waals surface area contributed by atoms with Gasteiger partial charge >= 0.3 is 6.09 Å². The van der Waals surface area contributed by atoms with Gasteiger partial charge < -0.3 is 4.74 Å². The molecule has 1 saturated heterocycles. The van der Waals surface area contributed by atoms with Crippen LogP contribution in [0.3, 0.4) is 0 Å². The molecule has 4 rings (SSSR count). The van der Waals surface area contributed by atoms with Gasteiger partial charge in [-0.2, -0.15) is 4.98 Å². The summed E-state index contributed by atoms with van der Waals surface area (Å²) in [4.78, 5) is 27.6. The molecule has 0 unspecified atom stereocenters. The van der Waals surface area contributed by atoms with Crippen molar-refractivity contribution < 1.29 is 17.9 Å². The van der Waals surface area contributed by atoms with Gasteiger partial charge in [-0.3, -0.25) is 4.90 Å². The van der Waals surface area contributed by atoms with Crippen LogP contribution >= 0.6 is 0 Å². The second-order valence-corrected chi connectivity index (χ2v) is 18.6. The van der Waals surface area contributed by atoms with Crippen LogP contribution < -0.4 is 4.90 Å². The van der Waals surface area contributed by atoms with Gasteiger partial charge in [-0.05, 0) is 35.5 Å². The van der Waals surface area contributed by atoms with Crippen LogP contribution in [0.25, 0.3) is 11.0 Å². The van der Waals surface area contributed by atoms with Gasteiger partial charge in [-0.1, -0.05) is 60.3 Å². The maximum absolute atomic E-state index is 12.9. The van der Waals surface area contributed by atoms with Crippen molar-refractivity contribution in [1.82, 2.24) is 15.0 Å². The summed E-state index contributed by atoms with van der Waals surface area (Å²) in [5.41, 5.74) is 5.50. The number of carbonyl (C=O) groups excluding carboxylic acids is 1. The average molecular weight is 529 g/mol. The molecule has 2 aromatic rings. The maximum atomic E-state index is 12.9. The Balaban J connectivity index is 1.97. The fraction of sp³-hybridized carbons (Fsp3) is 0.615. The van der Waals surface area contributed by atoms with Crippen molar-refractivity contribution in [2.45, 2.75) is 94.5 Å². The highest BCUT2D eigenvalue weighted by Crippen LogP contribution is 2.43. The first-order valence-electron chi connectivity index (χ1n) is 12.7. The number of amides is 1. The lowest BCUT2D eigenvalue weighted by molar-refractivity contribution is 0.173. The third-order valence-electron chi connectivity index (χ3n) is 8.03. The zero-order chi connectivity index (χ0) is 26.5. The van der Waals surface area contributed by atoms with Gasteiger partial charge in [0.2, 0.25) is 15.0 Å². The summed E-state index contributed by atoms with van der Waals surface area (Å²) in [5, 5.41) is 0.277. The summed E-state index contributed by atoms with van der Waals surface area (Å²) in [6, 6.07) is 1.83. The smallest absolute Gasteiger partial charge is 0.416 e. The van der Waals surface area contributed by atoms with Gasteiger partial charge in [0, 0.05) is 18.0 Å². The minimum Gasteiger partial charge on any atom is -0.447 e. The van der Waals surface area contributed by atoms with Crippen LogP contribution in [0, 0.1) is 11.5 Å². The second-order valence-electron chi connectivity index (χ2n) is 11.2. The third kappa shape index (κ3) is 4.41. The zero-order valence-corrected chi connectivity index (χ0v) is 24.1. The number of aromatic nitrogens is 3. The fourth-order valence-corrected chi connectivity index (χ4v) is 12.0. The first-order chi connectivity index (χ1) is 16.8. The van der Waals surface area contributed by atoms with Crippen LogP contribution in [-0.4, -0.2) is 55.9 Å². The summed E-state index contributed by atoms with van der Waals surface area (Å²) >= 11 is 0. The van der Waals surface area contributed by atoms with E-state index >= 15 is 0 Å². The molecule has 0 N–H and O–H groups in total. The lowest BCUT2D eigenvalue weighted by Crippen LogP contribution is -2.45. The van der Waals surface area contributed by atoms with Gasteiger partial charge in [0.1, 0.15) is 20.5 Å². The van der Waals surface area contributed by atoms with E-state index in [1.807, 2.05) is 6.07 Å². The second kappa shape index (κ2) is 9.42. The van der Waals surface area contributed by atoms with Gasteiger partial charge in [0.05, 0.1) is 10.9 Å². The first-order valence-corrected chi connectivity index (χ1v) is 16.8. The molecule has 1 spiro atoms. The van der Waals surface area contributed by atoms with E-state index in [1.54, 1.807) is 4.90 Å². The Bertz CT molecular complexity index is 1330. The Kier molecular flexibility index (Phi) is 6.94. The number of hydrogen-bond acceptors (Lipinski definition) is 7. The predicted molar refractivity (Wildman–Crippen MR) is 143 cm³/mol. The van der Waals surface area contributed by atoms with Crippen LogP contribution in [0.15, 0.2) is 17.4 Å². The number of cyclic esters (lactones) is 1. The molecule has 1 aliphatic heterocycles. The Morgan fingerprint density at radius 2 is 1.67 bits per heavy atom. The minimum absolute atomic E-state index is 0.214. The number of fused-ring (bicyclic) bond motifs is 1. The van der Waals surface area contributed by atoms with E-state index in [4.69, 9.17) is 4.74 Å². The van der Waals surface area contributed by atoms with Crippen LogP contribution in [-0.2, 0) is 14.6 Å². The number of pyridine rings is 1. The number of nitrogens with zero attached hydrogens (tertiary/aromatic N) is 4. The molecule has 0 atom stereocenters. The van der Waals surface area contributed by atoms with Crippen molar-refractivity contribution in [3.05, 3.63) is 17.8 Å². The van der Waals surface area contributed by atoms with Crippen LogP contribution in [0.1, 0.15) is 72.8 Å². The Morgan fingerprint density at radius 3 is 2.22 bits per heavy atom. The Labute approximate surface area is 215 Å². The molecule has 10 heteroatoms. The average Bonchev–Trinajstić information content (AvgIpc) is 3.38. The summed E-state index contributed by atoms with van der Waals surface area (Å²) in [6.07, 6.45) is 5.81. The number of anilines is 1. The lowest BCUT2D eigenvalue weighted by atomic mass is 9.97. The monoisotopic (exact) mass is 528 g/mol. The van der Waals surface area contributed by atoms with E-state index in [9.17, 15) is 13.2 Å². The highest BCUT2D eigenvalue weighted by molar-refractivity contribution is 7.90. The molecule has 1 aliphatic carbocycles. The molecule has 36 heavy (non-hydrogen) atoms. The quantitative estimate of drug-likeness (QED) is 0.296. The molecule has 1 amide bonds. The molecular weight excluding hydrogens is 492 g/mol. The summed E-state index contributed by atoms with van der Waals surface area (Å²) in [7, 11) is -5.69. The Morgan fingerprint density at radius 1 is 1.06 bits per heavy atom. The zero-order valence-electron chi connectivity index (χ0n) is 22.3. The van der Waals surface area contributed by atoms with Crippen molar-refractivity contribution in [2.24, 2.45) is 0 Å². The van der Waals surface area contributed by atoms with Gasteiger partial charge in [-0.15, -0.1) is 5.54 Å². The molecule has 3 heterocycles. The number of sulfone groups is 1. The standard InChI is InChI=1S/C26H36N4O4SSi/c1-17(2)36(18(3)4,19(5)6)13-10-20-14-22(30-25(31)34-16-26(30)11-8-9-12-26)28-23-21(20)15-27-24(29-23)35(7,32)33/h14-15,17-19H,8-9,11-12,16H2,1-7H3. The van der Waals surface area contributed by atoms with Crippen LogP contribution in [0.5, 0.6) is 0 Å². The highest BCUT2D eigenvalue weighted by atomic mass is 32.2. The molecule has 2 aromatic heterocycles. The SMILES string of the molecule is CC(C)[Si](C#Cc1cc(N2C(=O)OCC23CCCC3)nc2nc(S(C)(=O)=O)ncc12)(C(C)C)C(C)C. The van der Waals surface area contributed by atoms with E-state index in [-0.39, 0.29) is 10.8 Å². The number of hydrogen-bond donors (Lipinski definition) is 0. The summed E-state index contributed by atoms with van der Waals surface area (Å²) in [6.45, 7) is 13.8. The van der Waals surface area contributed by atoms with Crippen molar-refractivity contribution >= 4 is 40.9 Å². The maximum Gasteiger partial charge on any atom is 0.416 e. The lowest BCUT2D eigenvalue weighted by Gasteiger charge is -2.38. The molecule has 0 bridgehead atoms. The molecule has 2 fully saturated rings. The molecule has 8 nitrogen and oxygen atoms in total. The molecule has 2 aliphatic rings. The third-order valence-corrected chi connectivity index (χ3v) is 15.2. The van der Waals surface area contributed by atoms with Gasteiger partial charge in [0.25, 0.3) is 0 Å². The predicted octanol–water partition coefficient (Wildman–Crippen LogP) is 5.27. The van der Waals surface area contributed by atoms with Crippen LogP contribution in [0.4, 0.5) is 10.6 Å². The summed E-state index contributed by atoms with van der Waals surface area (Å²) < 4.78 is 29.8. The van der Waals surface area contributed by atoms with E-state index < -0.39 is 29.5 Å². The van der Waals surface area contributed by atoms with Crippen LogP contribution in [0.2, 0.25) is 16.6 Å². The number of rotatable bonds is 5. The summed E-state index contributed by atoms with van der Waals surface area (Å²) in [5.74, 6) is 3.86. The normalized spacial score (nSPS) is 17.9. The topological polar surface area (TPSA) is 102 Å². The van der Waals surface area contributed by atoms with E-state index in [0.717, 1.165) is 31.9 Å². The Hall–Kier alpha value is -2.51. The van der Waals surface area contributed by atoms with Gasteiger partial charge in [-0.25, -0.2) is 23.2 Å². The van der Waals surface area contributed by atoms with Crippen molar-refractivity contribution in [2.75, 3.05) is 17.8 Å². The largest absolute Gasteiger partial charge is 0.447 e. The van der Waals surface area contributed by atoms with E-state index in [0.29, 0.717) is 40.0 Å². The molecule has 194 valence electrons. The minimum atomic E-state index is -3.64. The highest BCUT2D eigenvalue weighted by Gasteiger charge is 2.50. The van der Waals surface area contributed by atoms with Crippen molar-refractivity contribution in [1.29, 1.82) is 0 Å². The van der Waals surface area contributed by atoms with Crippen molar-refractivity contribution in [3.8, 4) is 11.5 Å². The number of ether oxygens (including phenoxy) is 1. The van der Waals surface area contributed by atoms with Gasteiger partial charge in [0.15, 0.2) is 5.65 Å². The van der Waals surface area contributed by atoms with Crippen molar-refractivity contribution in [3.63, 3.8) is 0 Å².